The van der Waals surface area contributed by atoms with Gasteiger partial charge in [0.25, 0.3) is 0 Å². The van der Waals surface area contributed by atoms with Crippen LogP contribution in [0.5, 0.6) is 0 Å². The maximum atomic E-state index is 2.57. The van der Waals surface area contributed by atoms with Gasteiger partial charge in [0.15, 0.2) is 0 Å². The van der Waals surface area contributed by atoms with Crippen molar-refractivity contribution in [2.45, 2.75) is 83.0 Å². The molecule has 2 aliphatic rings. The summed E-state index contributed by atoms with van der Waals surface area (Å²) in [5.74, 6) is 0. The van der Waals surface area contributed by atoms with Crippen LogP contribution in [0.1, 0.15) is 79.1 Å². The van der Waals surface area contributed by atoms with Crippen molar-refractivity contribution in [3.63, 3.8) is 0 Å². The van der Waals surface area contributed by atoms with Gasteiger partial charge in [-0.25, -0.2) is 0 Å². The van der Waals surface area contributed by atoms with E-state index in [0.717, 1.165) is 3.92 Å². The van der Waals surface area contributed by atoms with Crippen molar-refractivity contribution in [3.8, 4) is 0 Å². The third-order valence-corrected chi connectivity index (χ3v) is 5.56. The Balaban J connectivity index is 0. The van der Waals surface area contributed by atoms with Gasteiger partial charge in [0.05, 0.1) is 0 Å². The number of alkyl halides is 1. The third-order valence-electron chi connectivity index (χ3n) is 4.32. The second kappa shape index (κ2) is 13.0. The van der Waals surface area contributed by atoms with E-state index in [4.69, 9.17) is 0 Å². The summed E-state index contributed by atoms with van der Waals surface area (Å²) in [7, 11) is 0. The van der Waals surface area contributed by atoms with Crippen LogP contribution in [0.4, 0.5) is 0 Å². The van der Waals surface area contributed by atoms with E-state index >= 15 is 0 Å². The van der Waals surface area contributed by atoms with Crippen LogP contribution in [0.15, 0.2) is 0 Å². The Kier molecular flexibility index (Phi) is 16.3. The summed E-state index contributed by atoms with van der Waals surface area (Å²) in [5.41, 5.74) is 1.30. The van der Waals surface area contributed by atoms with Crippen LogP contribution in [0, 0.1) is 17.3 Å². The average Bonchev–Trinajstić information content (AvgIpc) is 2.36. The molecule has 0 aliphatic heterocycles. The fraction of sp³-hybridized carbons (Fsp3) is 0.938. The molecular formula is C16H30I2Zn2. The Labute approximate surface area is 174 Å². The summed E-state index contributed by atoms with van der Waals surface area (Å²) in [5, 5.41) is 0. The summed E-state index contributed by atoms with van der Waals surface area (Å²) in [6.45, 7) is 9.49. The molecule has 0 aromatic heterocycles. The van der Waals surface area contributed by atoms with Crippen LogP contribution in [0.2, 0.25) is 0 Å². The van der Waals surface area contributed by atoms with E-state index in [2.05, 4.69) is 76.5 Å². The Morgan fingerprint density at radius 3 is 1.45 bits per heavy atom. The molecule has 0 unspecified atom stereocenters. The van der Waals surface area contributed by atoms with E-state index in [0.29, 0.717) is 10.8 Å². The molecule has 112 valence electrons. The Morgan fingerprint density at radius 1 is 0.850 bits per heavy atom. The normalized spacial score (nSPS) is 24.2. The SMILES string of the molecule is CC1(C)CCC(I)CC1.CC1(C)CC[CH-]CC1.[Zn+][I].[Zn]. The van der Waals surface area contributed by atoms with Crippen molar-refractivity contribution < 1.29 is 34.3 Å². The molecule has 0 bridgehead atoms. The van der Waals surface area contributed by atoms with Crippen molar-refractivity contribution in [2.75, 3.05) is 0 Å². The van der Waals surface area contributed by atoms with Crippen molar-refractivity contribution in [3.05, 3.63) is 6.42 Å². The molecule has 4 heteroatoms. The minimum atomic E-state index is 0. The fourth-order valence-corrected chi connectivity index (χ4v) is 3.24. The van der Waals surface area contributed by atoms with E-state index < -0.39 is 0 Å². The maximum Gasteiger partial charge on any atom is 0 e. The Bertz CT molecular complexity index is 213. The standard InChI is InChI=1S/C8H15I.C8H15.HI.2Zn/c1-8(2)5-3-7(9)4-6-8;1-8(2)6-4-3-5-7-8;;;/h7H,3-6H2,1-2H3;3H,4-7H2,1-2H3;1H;;/q;-1;;;+2/p-1. The zero-order valence-corrected chi connectivity index (χ0v) is 24.2. The van der Waals surface area contributed by atoms with Crippen molar-refractivity contribution >= 4 is 42.3 Å². The van der Waals surface area contributed by atoms with E-state index in [9.17, 15) is 0 Å². The van der Waals surface area contributed by atoms with E-state index in [1.54, 1.807) is 0 Å². The van der Waals surface area contributed by atoms with Gasteiger partial charge in [0, 0.05) is 23.4 Å². The minimum Gasteiger partial charge on any atom is 0 e. The van der Waals surface area contributed by atoms with Gasteiger partial charge in [0.2, 0.25) is 0 Å². The number of hydrogen-bond acceptors (Lipinski definition) is 0. The zero-order chi connectivity index (χ0) is 14.9. The summed E-state index contributed by atoms with van der Waals surface area (Å²) in [4.78, 5) is 0. The molecule has 2 saturated carbocycles. The molecule has 0 radical (unpaired) electrons. The minimum absolute atomic E-state index is 0. The first kappa shape index (κ1) is 25.0. The van der Waals surface area contributed by atoms with Crippen LogP contribution >= 0.6 is 42.3 Å². The molecule has 0 nitrogen and oxygen atoms in total. The molecule has 0 atom stereocenters. The Hall–Kier alpha value is 2.71. The second-order valence-electron chi connectivity index (χ2n) is 7.37. The summed E-state index contributed by atoms with van der Waals surface area (Å²) in [6.07, 6.45) is 13.6. The van der Waals surface area contributed by atoms with E-state index in [1.807, 2.05) is 0 Å². The molecule has 0 aromatic carbocycles. The van der Waals surface area contributed by atoms with E-state index in [-0.39, 0.29) is 19.5 Å². The molecule has 2 aliphatic carbocycles. The molecule has 0 saturated heterocycles. The first-order valence-corrected chi connectivity index (χ1v) is 17.8. The molecule has 20 heavy (non-hydrogen) atoms. The molecule has 0 aromatic rings. The van der Waals surface area contributed by atoms with Gasteiger partial charge in [-0.05, 0) is 36.5 Å². The monoisotopic (exact) mass is 604 g/mol. The average molecular weight is 607 g/mol. The predicted molar refractivity (Wildman–Crippen MR) is 101 cm³/mol. The van der Waals surface area contributed by atoms with Crippen LogP contribution < -0.4 is 0 Å². The van der Waals surface area contributed by atoms with Gasteiger partial charge >= 0.3 is 34.5 Å². The van der Waals surface area contributed by atoms with E-state index in [1.165, 1.54) is 66.2 Å². The molecular weight excluding hydrogens is 577 g/mol. The maximum absolute atomic E-state index is 2.57. The molecule has 2 rings (SSSR count). The van der Waals surface area contributed by atoms with Crippen LogP contribution in [-0.2, 0) is 34.3 Å². The second-order valence-corrected chi connectivity index (χ2v) is 9.13. The third kappa shape index (κ3) is 13.2. The summed E-state index contributed by atoms with van der Waals surface area (Å²) in [6, 6.07) is 0. The summed E-state index contributed by atoms with van der Waals surface area (Å²) < 4.78 is 0.968. The van der Waals surface area contributed by atoms with Gasteiger partial charge in [-0.15, -0.1) is 0 Å². The number of hydrogen-bond donors (Lipinski definition) is 0. The van der Waals surface area contributed by atoms with Gasteiger partial charge in [-0.1, -0.05) is 63.1 Å². The quantitative estimate of drug-likeness (QED) is 0.120. The predicted octanol–water partition coefficient (Wildman–Crippen LogP) is 7.06. The van der Waals surface area contributed by atoms with Crippen LogP contribution in [-0.4, -0.2) is 3.92 Å². The summed E-state index contributed by atoms with van der Waals surface area (Å²) >= 11 is 6.19. The number of halogens is 2. The first-order chi connectivity index (χ1) is 8.81. The van der Waals surface area contributed by atoms with Gasteiger partial charge < -0.3 is 6.42 Å². The van der Waals surface area contributed by atoms with Crippen molar-refractivity contribution in [2.24, 2.45) is 10.8 Å². The Morgan fingerprint density at radius 2 is 1.20 bits per heavy atom. The molecule has 0 N–H and O–H groups in total. The smallest absolute Gasteiger partial charge is 0 e. The first-order valence-electron chi connectivity index (χ1n) is 7.53. The zero-order valence-electron chi connectivity index (χ0n) is 14.0. The largest absolute Gasteiger partial charge is 0 e. The molecule has 0 heterocycles. The van der Waals surface area contributed by atoms with Gasteiger partial charge in [0.1, 0.15) is 0 Å². The van der Waals surface area contributed by atoms with Crippen molar-refractivity contribution in [1.29, 1.82) is 0 Å². The van der Waals surface area contributed by atoms with Crippen LogP contribution in [0.3, 0.4) is 0 Å². The van der Waals surface area contributed by atoms with Crippen LogP contribution in [0.25, 0.3) is 0 Å². The molecule has 0 spiro atoms. The molecule has 2 fully saturated rings. The number of rotatable bonds is 0. The van der Waals surface area contributed by atoms with Gasteiger partial charge in [-0.2, -0.15) is 12.8 Å². The molecule has 0 amide bonds. The fourth-order valence-electron chi connectivity index (χ4n) is 2.62. The van der Waals surface area contributed by atoms with Gasteiger partial charge in [-0.3, -0.25) is 0 Å². The topological polar surface area (TPSA) is 0 Å². The van der Waals surface area contributed by atoms with Crippen molar-refractivity contribution in [1.82, 2.24) is 0 Å².